The molecule has 0 bridgehead atoms. The topological polar surface area (TPSA) is 18.5 Å². The first-order chi connectivity index (χ1) is 9.30. The predicted octanol–water partition coefficient (Wildman–Crippen LogP) is 4.39. The highest BCUT2D eigenvalue weighted by atomic mass is 32.1. The quantitative estimate of drug-likeness (QED) is 0.702. The van der Waals surface area contributed by atoms with Crippen molar-refractivity contribution in [2.24, 2.45) is 0 Å². The van der Waals surface area contributed by atoms with Crippen molar-refractivity contribution in [2.75, 3.05) is 14.2 Å². The van der Waals surface area contributed by atoms with Gasteiger partial charge >= 0.3 is 0 Å². The van der Waals surface area contributed by atoms with E-state index < -0.39 is 0 Å². The van der Waals surface area contributed by atoms with E-state index >= 15 is 0 Å². The highest BCUT2D eigenvalue weighted by Crippen LogP contribution is 2.35. The van der Waals surface area contributed by atoms with Gasteiger partial charge in [-0.15, -0.1) is 11.3 Å². The summed E-state index contributed by atoms with van der Waals surface area (Å²) >= 11 is 1.72. The molecule has 0 unspecified atom stereocenters. The van der Waals surface area contributed by atoms with E-state index in [1.807, 2.05) is 30.3 Å². The Kier molecular flexibility index (Phi) is 3.13. The van der Waals surface area contributed by atoms with Crippen LogP contribution in [-0.2, 0) is 0 Å². The second kappa shape index (κ2) is 4.94. The summed E-state index contributed by atoms with van der Waals surface area (Å²) < 4.78 is 11.6. The first-order valence-corrected chi connectivity index (χ1v) is 6.76. The Balaban J connectivity index is 2.04. The van der Waals surface area contributed by atoms with Gasteiger partial charge in [-0.3, -0.25) is 0 Å². The van der Waals surface area contributed by atoms with Gasteiger partial charge in [0.25, 0.3) is 0 Å². The molecular formula is C16H13O2S. The fourth-order valence-corrected chi connectivity index (χ4v) is 2.99. The molecule has 0 atom stereocenters. The summed E-state index contributed by atoms with van der Waals surface area (Å²) in [6.45, 7) is 0. The number of hydrogen-bond acceptors (Lipinski definition) is 3. The van der Waals surface area contributed by atoms with Gasteiger partial charge in [-0.2, -0.15) is 0 Å². The van der Waals surface area contributed by atoms with Crippen molar-refractivity contribution in [3.63, 3.8) is 0 Å². The monoisotopic (exact) mass is 269 g/mol. The van der Waals surface area contributed by atoms with Gasteiger partial charge in [-0.05, 0) is 48.0 Å². The van der Waals surface area contributed by atoms with Crippen LogP contribution in [0, 0.1) is 6.07 Å². The minimum atomic E-state index is 0.867. The van der Waals surface area contributed by atoms with Crippen LogP contribution >= 0.6 is 11.3 Å². The van der Waals surface area contributed by atoms with Crippen LogP contribution in [0.4, 0.5) is 0 Å². The minimum absolute atomic E-state index is 0.867. The maximum atomic E-state index is 5.24. The van der Waals surface area contributed by atoms with Crippen molar-refractivity contribution >= 4 is 21.4 Å². The molecule has 3 aromatic rings. The molecule has 0 aliphatic carbocycles. The fourth-order valence-electron chi connectivity index (χ4n) is 1.95. The van der Waals surface area contributed by atoms with Crippen LogP contribution in [0.2, 0.25) is 0 Å². The van der Waals surface area contributed by atoms with E-state index in [1.165, 1.54) is 4.70 Å². The van der Waals surface area contributed by atoms with E-state index in [1.54, 1.807) is 25.6 Å². The summed E-state index contributed by atoms with van der Waals surface area (Å²) in [6.07, 6.45) is 0. The first-order valence-electron chi connectivity index (χ1n) is 5.94. The van der Waals surface area contributed by atoms with E-state index in [4.69, 9.17) is 9.47 Å². The molecule has 0 aliphatic heterocycles. The van der Waals surface area contributed by atoms with Gasteiger partial charge < -0.3 is 9.47 Å². The molecule has 19 heavy (non-hydrogen) atoms. The molecule has 1 radical (unpaired) electrons. The summed E-state index contributed by atoms with van der Waals surface area (Å²) in [5.41, 5.74) is 1.15. The Hall–Kier alpha value is -2.00. The van der Waals surface area contributed by atoms with Gasteiger partial charge in [0.15, 0.2) is 0 Å². The second-order valence-electron chi connectivity index (χ2n) is 4.15. The maximum Gasteiger partial charge on any atom is 0.120 e. The van der Waals surface area contributed by atoms with E-state index in [2.05, 4.69) is 18.2 Å². The average Bonchev–Trinajstić information content (AvgIpc) is 2.90. The number of ether oxygens (including phenoxy) is 2. The van der Waals surface area contributed by atoms with Gasteiger partial charge in [0, 0.05) is 21.0 Å². The lowest BCUT2D eigenvalue weighted by molar-refractivity contribution is 0.415. The summed E-state index contributed by atoms with van der Waals surface area (Å²) in [4.78, 5) is 1.13. The number of hydrogen-bond donors (Lipinski definition) is 0. The lowest BCUT2D eigenvalue weighted by Crippen LogP contribution is -1.81. The van der Waals surface area contributed by atoms with Crippen molar-refractivity contribution in [1.82, 2.24) is 0 Å². The van der Waals surface area contributed by atoms with Crippen molar-refractivity contribution in [2.45, 2.75) is 0 Å². The van der Waals surface area contributed by atoms with Gasteiger partial charge in [0.2, 0.25) is 0 Å². The normalized spacial score (nSPS) is 10.6. The van der Waals surface area contributed by atoms with Gasteiger partial charge in [-0.1, -0.05) is 0 Å². The third kappa shape index (κ3) is 2.29. The van der Waals surface area contributed by atoms with E-state index in [0.717, 1.165) is 27.3 Å². The number of rotatable bonds is 3. The van der Waals surface area contributed by atoms with Crippen LogP contribution in [0.5, 0.6) is 11.5 Å². The molecule has 1 aromatic heterocycles. The molecule has 0 spiro atoms. The lowest BCUT2D eigenvalue weighted by atomic mass is 10.1. The van der Waals surface area contributed by atoms with Crippen molar-refractivity contribution in [3.8, 4) is 21.9 Å². The van der Waals surface area contributed by atoms with Crippen molar-refractivity contribution in [3.05, 3.63) is 48.5 Å². The smallest absolute Gasteiger partial charge is 0.120 e. The van der Waals surface area contributed by atoms with Crippen molar-refractivity contribution < 1.29 is 9.47 Å². The lowest BCUT2D eigenvalue weighted by Gasteiger charge is -2.00. The number of methoxy groups -OCH3 is 2. The second-order valence-corrected chi connectivity index (χ2v) is 5.20. The molecule has 95 valence electrons. The van der Waals surface area contributed by atoms with Gasteiger partial charge in [0.1, 0.15) is 11.5 Å². The molecule has 2 nitrogen and oxygen atoms in total. The van der Waals surface area contributed by atoms with E-state index in [9.17, 15) is 0 Å². The van der Waals surface area contributed by atoms with Crippen LogP contribution in [-0.4, -0.2) is 14.2 Å². The van der Waals surface area contributed by atoms with Crippen LogP contribution in [0.1, 0.15) is 0 Å². The molecule has 0 saturated heterocycles. The van der Waals surface area contributed by atoms with Crippen LogP contribution in [0.25, 0.3) is 20.5 Å². The Morgan fingerprint density at radius 3 is 2.26 bits per heavy atom. The molecule has 2 aromatic carbocycles. The zero-order valence-corrected chi connectivity index (χ0v) is 11.6. The molecule has 0 fully saturated rings. The molecule has 0 aliphatic rings. The molecule has 0 N–H and O–H groups in total. The highest BCUT2D eigenvalue weighted by Gasteiger charge is 2.06. The largest absolute Gasteiger partial charge is 0.497 e. The highest BCUT2D eigenvalue weighted by molar-refractivity contribution is 7.22. The maximum absolute atomic E-state index is 5.24. The third-order valence-corrected chi connectivity index (χ3v) is 4.10. The number of benzene rings is 2. The third-order valence-electron chi connectivity index (χ3n) is 3.00. The summed E-state index contributed by atoms with van der Waals surface area (Å²) in [5.74, 6) is 1.75. The molecular weight excluding hydrogens is 256 g/mol. The molecule has 1 heterocycles. The van der Waals surface area contributed by atoms with Gasteiger partial charge in [0.05, 0.1) is 14.2 Å². The SMILES string of the molecule is COc1ccc(-c2[c]c3ccc(OC)cc3s2)cc1. The van der Waals surface area contributed by atoms with E-state index in [-0.39, 0.29) is 0 Å². The summed E-state index contributed by atoms with van der Waals surface area (Å²) in [5, 5.41) is 1.12. The zero-order chi connectivity index (χ0) is 13.2. The molecule has 3 heteroatoms. The summed E-state index contributed by atoms with van der Waals surface area (Å²) in [6, 6.07) is 17.5. The van der Waals surface area contributed by atoms with Crippen LogP contribution in [0.15, 0.2) is 42.5 Å². The Bertz CT molecular complexity index is 698. The molecule has 0 amide bonds. The summed E-state index contributed by atoms with van der Waals surface area (Å²) in [7, 11) is 3.36. The minimum Gasteiger partial charge on any atom is -0.497 e. The first kappa shape index (κ1) is 12.1. The van der Waals surface area contributed by atoms with Crippen LogP contribution in [0.3, 0.4) is 0 Å². The zero-order valence-electron chi connectivity index (χ0n) is 10.8. The predicted molar refractivity (Wildman–Crippen MR) is 79.2 cm³/mol. The number of thiophene rings is 1. The Morgan fingerprint density at radius 2 is 1.58 bits per heavy atom. The van der Waals surface area contributed by atoms with Crippen molar-refractivity contribution in [1.29, 1.82) is 0 Å². The average molecular weight is 269 g/mol. The fraction of sp³-hybridized carbons (Fsp3) is 0.125. The number of fused-ring (bicyclic) bond motifs is 1. The molecule has 3 rings (SSSR count). The van der Waals surface area contributed by atoms with E-state index in [0.29, 0.717) is 0 Å². The van der Waals surface area contributed by atoms with Crippen LogP contribution < -0.4 is 9.47 Å². The standard InChI is InChI=1S/C16H13O2S/c1-17-13-6-3-11(4-7-13)15-9-12-5-8-14(18-2)10-16(12)19-15/h3-8,10H,1-2H3. The van der Waals surface area contributed by atoms with Gasteiger partial charge in [-0.25, -0.2) is 0 Å². The molecule has 0 saturated carbocycles. The Labute approximate surface area is 116 Å². The Morgan fingerprint density at radius 1 is 0.895 bits per heavy atom.